The van der Waals surface area contributed by atoms with E-state index < -0.39 is 0 Å². The smallest absolute Gasteiger partial charge is 0.314 e. The minimum Gasteiger partial charge on any atom is -0.338 e. The molecule has 0 bridgehead atoms. The number of benzene rings is 2. The second kappa shape index (κ2) is 8.01. The number of nitrogens with zero attached hydrogens (tertiary/aromatic N) is 1. The highest BCUT2D eigenvalue weighted by Gasteiger charge is 2.34. The first-order valence-corrected chi connectivity index (χ1v) is 8.66. The Labute approximate surface area is 156 Å². The Bertz CT molecular complexity index is 818. The first kappa shape index (κ1) is 17.9. The number of hydrogen-bond acceptors (Lipinski definition) is 3. The number of fused-ring (bicyclic) bond motifs is 1. The van der Waals surface area contributed by atoms with Crippen LogP contribution in [-0.2, 0) is 6.42 Å². The zero-order chi connectivity index (χ0) is 18.5. The molecular formula is C19H18ClN3O3. The molecule has 26 heavy (non-hydrogen) atoms. The molecule has 134 valence electrons. The number of urea groups is 1. The van der Waals surface area contributed by atoms with Gasteiger partial charge in [0.25, 0.3) is 11.8 Å². The van der Waals surface area contributed by atoms with E-state index in [0.29, 0.717) is 29.1 Å². The Morgan fingerprint density at radius 3 is 2.12 bits per heavy atom. The number of nitrogens with one attached hydrogen (secondary N) is 2. The van der Waals surface area contributed by atoms with Gasteiger partial charge in [0.05, 0.1) is 11.1 Å². The average Bonchev–Trinajstić information content (AvgIpc) is 2.88. The monoisotopic (exact) mass is 371 g/mol. The molecule has 0 radical (unpaired) electrons. The van der Waals surface area contributed by atoms with Crippen molar-refractivity contribution < 1.29 is 14.4 Å². The van der Waals surface area contributed by atoms with Crippen LogP contribution in [0.2, 0.25) is 5.02 Å². The van der Waals surface area contributed by atoms with Crippen molar-refractivity contribution in [3.63, 3.8) is 0 Å². The summed E-state index contributed by atoms with van der Waals surface area (Å²) in [4.78, 5) is 37.4. The molecule has 0 fully saturated rings. The van der Waals surface area contributed by atoms with Crippen molar-refractivity contribution in [3.8, 4) is 0 Å². The van der Waals surface area contributed by atoms with Crippen molar-refractivity contribution in [2.75, 3.05) is 19.6 Å². The minimum atomic E-state index is -0.353. The number of hydrogen-bond donors (Lipinski definition) is 2. The molecule has 4 amide bonds. The van der Waals surface area contributed by atoms with Crippen LogP contribution in [0.25, 0.3) is 0 Å². The molecule has 0 aliphatic carbocycles. The number of amides is 4. The third-order valence-corrected chi connectivity index (χ3v) is 4.51. The first-order chi connectivity index (χ1) is 12.6. The van der Waals surface area contributed by atoms with Gasteiger partial charge in [0.15, 0.2) is 0 Å². The lowest BCUT2D eigenvalue weighted by molar-refractivity contribution is 0.0656. The number of carbonyl (C=O) groups is 3. The molecule has 2 aromatic rings. The normalized spacial score (nSPS) is 12.9. The lowest BCUT2D eigenvalue weighted by Crippen LogP contribution is -2.42. The predicted molar refractivity (Wildman–Crippen MR) is 98.4 cm³/mol. The van der Waals surface area contributed by atoms with Crippen LogP contribution in [0.15, 0.2) is 48.5 Å². The largest absolute Gasteiger partial charge is 0.338 e. The van der Waals surface area contributed by atoms with E-state index in [0.717, 1.165) is 10.5 Å². The second-order valence-corrected chi connectivity index (χ2v) is 6.24. The standard InChI is InChI=1S/C19H18ClN3O3/c20-16-8-4-1-5-13(16)9-10-21-19(26)22-11-12-23-17(24)14-6-2-3-7-15(14)18(23)25/h1-8H,9-12H2,(H2,21,22,26). The van der Waals surface area contributed by atoms with Gasteiger partial charge in [-0.2, -0.15) is 0 Å². The predicted octanol–water partition coefficient (Wildman–Crippen LogP) is 2.48. The van der Waals surface area contributed by atoms with Crippen LogP contribution in [0, 0.1) is 0 Å². The summed E-state index contributed by atoms with van der Waals surface area (Å²) in [5, 5.41) is 6.04. The molecule has 3 rings (SSSR count). The van der Waals surface area contributed by atoms with E-state index in [4.69, 9.17) is 11.6 Å². The van der Waals surface area contributed by atoms with Gasteiger partial charge in [0, 0.05) is 24.7 Å². The molecule has 2 N–H and O–H groups in total. The van der Waals surface area contributed by atoms with Crippen LogP contribution in [0.5, 0.6) is 0 Å². The van der Waals surface area contributed by atoms with Gasteiger partial charge >= 0.3 is 6.03 Å². The topological polar surface area (TPSA) is 78.5 Å². The Morgan fingerprint density at radius 1 is 0.885 bits per heavy atom. The summed E-state index contributed by atoms with van der Waals surface area (Å²) in [7, 11) is 0. The maximum atomic E-state index is 12.2. The highest BCUT2D eigenvalue weighted by atomic mass is 35.5. The van der Waals surface area contributed by atoms with Gasteiger partial charge in [0.2, 0.25) is 0 Å². The van der Waals surface area contributed by atoms with Crippen molar-refractivity contribution >= 4 is 29.4 Å². The number of rotatable bonds is 6. The zero-order valence-electron chi connectivity index (χ0n) is 14.0. The van der Waals surface area contributed by atoms with Gasteiger partial charge in [-0.3, -0.25) is 14.5 Å². The van der Waals surface area contributed by atoms with E-state index >= 15 is 0 Å². The molecule has 0 aromatic heterocycles. The molecule has 0 saturated carbocycles. The third-order valence-electron chi connectivity index (χ3n) is 4.14. The zero-order valence-corrected chi connectivity index (χ0v) is 14.8. The molecule has 1 aliphatic heterocycles. The maximum absolute atomic E-state index is 12.2. The Balaban J connectivity index is 1.41. The summed E-state index contributed by atoms with van der Waals surface area (Å²) in [6.45, 7) is 0.746. The quantitative estimate of drug-likeness (QED) is 0.766. The number of imide groups is 1. The fourth-order valence-electron chi connectivity index (χ4n) is 2.80. The molecule has 2 aromatic carbocycles. The lowest BCUT2D eigenvalue weighted by atomic mass is 10.1. The van der Waals surface area contributed by atoms with Crippen LogP contribution >= 0.6 is 11.6 Å². The van der Waals surface area contributed by atoms with Crippen molar-refractivity contribution in [2.45, 2.75) is 6.42 Å². The van der Waals surface area contributed by atoms with E-state index in [1.807, 2.05) is 18.2 Å². The minimum absolute atomic E-state index is 0.129. The molecular weight excluding hydrogens is 354 g/mol. The van der Waals surface area contributed by atoms with Gasteiger partial charge in [0.1, 0.15) is 0 Å². The van der Waals surface area contributed by atoms with Gasteiger partial charge < -0.3 is 10.6 Å². The summed E-state index contributed by atoms with van der Waals surface area (Å²) >= 11 is 6.06. The Hall–Kier alpha value is -2.86. The Kier molecular flexibility index (Phi) is 5.53. The summed E-state index contributed by atoms with van der Waals surface area (Å²) in [5.74, 6) is -0.655. The SMILES string of the molecule is O=C(NCCc1ccccc1Cl)NCCN1C(=O)c2ccccc2C1=O. The van der Waals surface area contributed by atoms with E-state index in [-0.39, 0.29) is 30.9 Å². The van der Waals surface area contributed by atoms with Crippen LogP contribution in [0.3, 0.4) is 0 Å². The molecule has 1 heterocycles. The van der Waals surface area contributed by atoms with Crippen molar-refractivity contribution in [1.29, 1.82) is 0 Å². The number of carbonyl (C=O) groups excluding carboxylic acids is 3. The van der Waals surface area contributed by atoms with E-state index in [2.05, 4.69) is 10.6 Å². The molecule has 0 spiro atoms. The maximum Gasteiger partial charge on any atom is 0.314 e. The fraction of sp³-hybridized carbons (Fsp3) is 0.211. The van der Waals surface area contributed by atoms with Gasteiger partial charge in [-0.05, 0) is 30.2 Å². The summed E-state index contributed by atoms with van der Waals surface area (Å²) < 4.78 is 0. The highest BCUT2D eigenvalue weighted by Crippen LogP contribution is 2.21. The number of halogens is 1. The van der Waals surface area contributed by atoms with Crippen molar-refractivity contribution in [3.05, 3.63) is 70.2 Å². The van der Waals surface area contributed by atoms with Crippen LogP contribution in [-0.4, -0.2) is 42.4 Å². The summed E-state index contributed by atoms with van der Waals surface area (Å²) in [6.07, 6.45) is 0.617. The average molecular weight is 372 g/mol. The van der Waals surface area contributed by atoms with E-state index in [9.17, 15) is 14.4 Å². The molecule has 0 unspecified atom stereocenters. The second-order valence-electron chi connectivity index (χ2n) is 5.83. The van der Waals surface area contributed by atoms with Gasteiger partial charge in [-0.1, -0.05) is 41.9 Å². The first-order valence-electron chi connectivity index (χ1n) is 8.28. The molecule has 7 heteroatoms. The lowest BCUT2D eigenvalue weighted by Gasteiger charge is -2.14. The van der Waals surface area contributed by atoms with E-state index in [1.165, 1.54) is 0 Å². The molecule has 0 atom stereocenters. The molecule has 1 aliphatic rings. The van der Waals surface area contributed by atoms with Gasteiger partial charge in [-0.25, -0.2) is 4.79 Å². The highest BCUT2D eigenvalue weighted by molar-refractivity contribution is 6.31. The molecule has 6 nitrogen and oxygen atoms in total. The van der Waals surface area contributed by atoms with Gasteiger partial charge in [-0.15, -0.1) is 0 Å². The summed E-state index contributed by atoms with van der Waals surface area (Å²) in [5.41, 5.74) is 1.77. The van der Waals surface area contributed by atoms with Crippen molar-refractivity contribution in [1.82, 2.24) is 15.5 Å². The Morgan fingerprint density at radius 2 is 1.46 bits per heavy atom. The van der Waals surface area contributed by atoms with Crippen LogP contribution in [0.4, 0.5) is 4.79 Å². The van der Waals surface area contributed by atoms with Crippen LogP contribution < -0.4 is 10.6 Å². The van der Waals surface area contributed by atoms with Crippen molar-refractivity contribution in [2.24, 2.45) is 0 Å². The van der Waals surface area contributed by atoms with Crippen LogP contribution in [0.1, 0.15) is 26.3 Å². The van der Waals surface area contributed by atoms with E-state index in [1.54, 1.807) is 30.3 Å². The fourth-order valence-corrected chi connectivity index (χ4v) is 3.03. The molecule has 0 saturated heterocycles. The third kappa shape index (κ3) is 3.86. The summed E-state index contributed by atoms with van der Waals surface area (Å²) in [6, 6.07) is 13.8.